The second-order valence-corrected chi connectivity index (χ2v) is 5.71. The standard InChI is InChI=1S/C15H28N6/c1-5-12(3)20(4)14-17-13(16-6-2)18-15(19-14)21-10-8-7-9-11-21/h12H,5-11H2,1-4H3,(H,16,17,18,19). The van der Waals surface area contributed by atoms with Gasteiger partial charge in [0.05, 0.1) is 0 Å². The maximum Gasteiger partial charge on any atom is 0.231 e. The summed E-state index contributed by atoms with van der Waals surface area (Å²) in [7, 11) is 2.05. The van der Waals surface area contributed by atoms with Crippen molar-refractivity contribution < 1.29 is 0 Å². The third-order valence-corrected chi connectivity index (χ3v) is 4.15. The van der Waals surface area contributed by atoms with Crippen LogP contribution in [0.15, 0.2) is 0 Å². The zero-order valence-electron chi connectivity index (χ0n) is 13.8. The van der Waals surface area contributed by atoms with E-state index in [1.54, 1.807) is 0 Å². The highest BCUT2D eigenvalue weighted by Gasteiger charge is 2.19. The molecule has 1 aromatic heterocycles. The van der Waals surface area contributed by atoms with Crippen LogP contribution in [0, 0.1) is 0 Å². The molecule has 1 aromatic rings. The predicted molar refractivity (Wildman–Crippen MR) is 88.2 cm³/mol. The first-order chi connectivity index (χ1) is 10.2. The maximum atomic E-state index is 4.70. The molecule has 1 atom stereocenters. The van der Waals surface area contributed by atoms with Crippen LogP contribution in [0.2, 0.25) is 0 Å². The molecule has 21 heavy (non-hydrogen) atoms. The van der Waals surface area contributed by atoms with Crippen LogP contribution in [0.25, 0.3) is 0 Å². The molecule has 1 aliphatic heterocycles. The van der Waals surface area contributed by atoms with Crippen LogP contribution in [0.4, 0.5) is 17.8 Å². The fourth-order valence-electron chi connectivity index (χ4n) is 2.46. The van der Waals surface area contributed by atoms with E-state index in [0.717, 1.165) is 38.0 Å². The summed E-state index contributed by atoms with van der Waals surface area (Å²) in [6, 6.07) is 0.413. The Labute approximate surface area is 128 Å². The number of aromatic nitrogens is 3. The van der Waals surface area contributed by atoms with Crippen LogP contribution in [-0.4, -0.2) is 47.7 Å². The van der Waals surface area contributed by atoms with E-state index in [4.69, 9.17) is 4.98 Å². The average Bonchev–Trinajstić information content (AvgIpc) is 2.54. The van der Waals surface area contributed by atoms with E-state index in [2.05, 4.69) is 52.9 Å². The molecule has 0 spiro atoms. The molecule has 1 aliphatic rings. The largest absolute Gasteiger partial charge is 0.354 e. The number of piperidine rings is 1. The Morgan fingerprint density at radius 1 is 1.14 bits per heavy atom. The molecule has 118 valence electrons. The fourth-order valence-corrected chi connectivity index (χ4v) is 2.46. The molecule has 0 bridgehead atoms. The van der Waals surface area contributed by atoms with Gasteiger partial charge in [-0.1, -0.05) is 6.92 Å². The normalized spacial score (nSPS) is 16.7. The molecule has 0 amide bonds. The lowest BCUT2D eigenvalue weighted by molar-refractivity contribution is 0.566. The van der Waals surface area contributed by atoms with Crippen molar-refractivity contribution >= 4 is 17.8 Å². The molecule has 0 aliphatic carbocycles. The molecular formula is C15H28N6. The molecular weight excluding hydrogens is 264 g/mol. The lowest BCUT2D eigenvalue weighted by Gasteiger charge is -2.29. The van der Waals surface area contributed by atoms with Crippen LogP contribution in [0.1, 0.15) is 46.5 Å². The van der Waals surface area contributed by atoms with Gasteiger partial charge >= 0.3 is 0 Å². The summed E-state index contributed by atoms with van der Waals surface area (Å²) in [6.07, 6.45) is 4.82. The van der Waals surface area contributed by atoms with E-state index in [1.807, 2.05) is 0 Å². The van der Waals surface area contributed by atoms with E-state index in [0.29, 0.717) is 12.0 Å². The number of nitrogens with one attached hydrogen (secondary N) is 1. The monoisotopic (exact) mass is 292 g/mol. The highest BCUT2D eigenvalue weighted by Crippen LogP contribution is 2.21. The van der Waals surface area contributed by atoms with Gasteiger partial charge in [-0.25, -0.2) is 0 Å². The molecule has 1 unspecified atom stereocenters. The van der Waals surface area contributed by atoms with Crippen LogP contribution < -0.4 is 15.1 Å². The maximum absolute atomic E-state index is 4.70. The van der Waals surface area contributed by atoms with Crippen molar-refractivity contribution in [3.63, 3.8) is 0 Å². The second kappa shape index (κ2) is 7.43. The predicted octanol–water partition coefficient (Wildman–Crippen LogP) is 2.53. The Morgan fingerprint density at radius 3 is 2.48 bits per heavy atom. The van der Waals surface area contributed by atoms with Crippen molar-refractivity contribution in [2.24, 2.45) is 0 Å². The summed E-state index contributed by atoms with van der Waals surface area (Å²) in [5, 5.41) is 3.22. The number of anilines is 3. The Hall–Kier alpha value is -1.59. The van der Waals surface area contributed by atoms with Crippen molar-refractivity contribution in [1.82, 2.24) is 15.0 Å². The molecule has 2 rings (SSSR count). The molecule has 1 saturated heterocycles. The molecule has 6 nitrogen and oxygen atoms in total. The zero-order chi connectivity index (χ0) is 15.2. The summed E-state index contributed by atoms with van der Waals surface area (Å²) in [5.41, 5.74) is 0. The summed E-state index contributed by atoms with van der Waals surface area (Å²) in [5.74, 6) is 2.25. The van der Waals surface area contributed by atoms with E-state index in [9.17, 15) is 0 Å². The van der Waals surface area contributed by atoms with Gasteiger partial charge < -0.3 is 15.1 Å². The fraction of sp³-hybridized carbons (Fsp3) is 0.800. The van der Waals surface area contributed by atoms with Crippen molar-refractivity contribution in [1.29, 1.82) is 0 Å². The molecule has 0 saturated carbocycles. The van der Waals surface area contributed by atoms with Gasteiger partial charge in [0.15, 0.2) is 0 Å². The zero-order valence-corrected chi connectivity index (χ0v) is 13.8. The van der Waals surface area contributed by atoms with Crippen LogP contribution in [0.5, 0.6) is 0 Å². The summed E-state index contributed by atoms with van der Waals surface area (Å²) in [6.45, 7) is 9.33. The first-order valence-corrected chi connectivity index (χ1v) is 8.13. The molecule has 0 radical (unpaired) electrons. The topological polar surface area (TPSA) is 57.2 Å². The first-order valence-electron chi connectivity index (χ1n) is 8.13. The SMILES string of the molecule is CCNc1nc(N2CCCCC2)nc(N(C)C(C)CC)n1. The van der Waals surface area contributed by atoms with Gasteiger partial charge in [0.1, 0.15) is 0 Å². The van der Waals surface area contributed by atoms with Gasteiger partial charge in [-0.15, -0.1) is 0 Å². The molecule has 1 N–H and O–H groups in total. The molecule has 0 aromatic carbocycles. The summed E-state index contributed by atoms with van der Waals surface area (Å²) < 4.78 is 0. The third kappa shape index (κ3) is 3.95. The molecule has 6 heteroatoms. The number of hydrogen-bond acceptors (Lipinski definition) is 6. The minimum absolute atomic E-state index is 0.413. The summed E-state index contributed by atoms with van der Waals surface area (Å²) >= 11 is 0. The van der Waals surface area contributed by atoms with Gasteiger partial charge in [0.2, 0.25) is 17.8 Å². The smallest absolute Gasteiger partial charge is 0.231 e. The highest BCUT2D eigenvalue weighted by molar-refractivity contribution is 5.45. The van der Waals surface area contributed by atoms with Crippen molar-refractivity contribution in [3.8, 4) is 0 Å². The minimum atomic E-state index is 0.413. The van der Waals surface area contributed by atoms with Gasteiger partial charge in [-0.2, -0.15) is 15.0 Å². The number of nitrogens with zero attached hydrogens (tertiary/aromatic N) is 5. The van der Waals surface area contributed by atoms with Crippen molar-refractivity contribution in [3.05, 3.63) is 0 Å². The second-order valence-electron chi connectivity index (χ2n) is 5.71. The minimum Gasteiger partial charge on any atom is -0.354 e. The lowest BCUT2D eigenvalue weighted by atomic mass is 10.1. The first kappa shape index (κ1) is 15.8. The van der Waals surface area contributed by atoms with E-state index < -0.39 is 0 Å². The van der Waals surface area contributed by atoms with Crippen LogP contribution >= 0.6 is 0 Å². The number of hydrogen-bond donors (Lipinski definition) is 1. The molecule has 2 heterocycles. The van der Waals surface area contributed by atoms with Gasteiger partial charge in [-0.05, 0) is 39.5 Å². The Bertz CT molecular complexity index is 424. The molecule has 1 fully saturated rings. The number of rotatable bonds is 6. The Morgan fingerprint density at radius 2 is 1.86 bits per heavy atom. The van der Waals surface area contributed by atoms with E-state index >= 15 is 0 Å². The third-order valence-electron chi connectivity index (χ3n) is 4.15. The van der Waals surface area contributed by atoms with Gasteiger partial charge in [0, 0.05) is 32.7 Å². The average molecular weight is 292 g/mol. The Balaban J connectivity index is 2.28. The van der Waals surface area contributed by atoms with Gasteiger partial charge in [-0.3, -0.25) is 0 Å². The van der Waals surface area contributed by atoms with Crippen LogP contribution in [-0.2, 0) is 0 Å². The summed E-state index contributed by atoms with van der Waals surface area (Å²) in [4.78, 5) is 18.2. The lowest BCUT2D eigenvalue weighted by Crippen LogP contribution is -2.34. The van der Waals surface area contributed by atoms with Crippen molar-refractivity contribution in [2.45, 2.75) is 52.5 Å². The van der Waals surface area contributed by atoms with Crippen LogP contribution in [0.3, 0.4) is 0 Å². The Kier molecular flexibility index (Phi) is 5.59. The van der Waals surface area contributed by atoms with E-state index in [-0.39, 0.29) is 0 Å². The van der Waals surface area contributed by atoms with E-state index in [1.165, 1.54) is 19.3 Å². The van der Waals surface area contributed by atoms with Crippen molar-refractivity contribution in [2.75, 3.05) is 41.8 Å². The van der Waals surface area contributed by atoms with Gasteiger partial charge in [0.25, 0.3) is 0 Å². The highest BCUT2D eigenvalue weighted by atomic mass is 15.4. The quantitative estimate of drug-likeness (QED) is 0.869.